The van der Waals surface area contributed by atoms with Gasteiger partial charge in [0.25, 0.3) is 0 Å². The summed E-state index contributed by atoms with van der Waals surface area (Å²) >= 11 is 14.6. The summed E-state index contributed by atoms with van der Waals surface area (Å²) in [5, 5.41) is 0.311. The SMILES string of the molecule is [C-]#[N+]C(F)c1c(Cl)cc(Br)cc1Cl. The molecule has 0 aromatic heterocycles. The van der Waals surface area contributed by atoms with Crippen LogP contribution in [0.3, 0.4) is 0 Å². The van der Waals surface area contributed by atoms with E-state index in [9.17, 15) is 4.39 Å². The zero-order valence-electron chi connectivity index (χ0n) is 6.19. The minimum atomic E-state index is -1.80. The Balaban J connectivity index is 3.30. The molecule has 1 unspecified atom stereocenters. The van der Waals surface area contributed by atoms with E-state index in [0.29, 0.717) is 4.47 Å². The van der Waals surface area contributed by atoms with Crippen LogP contribution in [0.25, 0.3) is 4.85 Å². The largest absolute Gasteiger partial charge is 0.391 e. The summed E-state index contributed by atoms with van der Waals surface area (Å²) in [4.78, 5) is 2.71. The number of benzene rings is 1. The third-order valence-corrected chi connectivity index (χ3v) is 2.48. The van der Waals surface area contributed by atoms with Crippen LogP contribution in [-0.2, 0) is 0 Å². The maximum Gasteiger partial charge on any atom is 0.391 e. The Hall–Kier alpha value is -0.300. The second-order valence-electron chi connectivity index (χ2n) is 2.25. The first-order chi connectivity index (χ1) is 6.06. The molecule has 0 aliphatic rings. The van der Waals surface area contributed by atoms with E-state index in [1.165, 1.54) is 12.1 Å². The van der Waals surface area contributed by atoms with Gasteiger partial charge in [0.15, 0.2) is 0 Å². The first-order valence-electron chi connectivity index (χ1n) is 3.21. The minimum absolute atomic E-state index is 0.0292. The van der Waals surface area contributed by atoms with Gasteiger partial charge in [-0.15, -0.1) is 0 Å². The molecule has 68 valence electrons. The molecule has 1 aromatic carbocycles. The van der Waals surface area contributed by atoms with Crippen molar-refractivity contribution in [2.45, 2.75) is 6.30 Å². The third-order valence-electron chi connectivity index (χ3n) is 1.40. The highest BCUT2D eigenvalue weighted by Gasteiger charge is 2.21. The number of alkyl halides is 1. The second-order valence-corrected chi connectivity index (χ2v) is 3.98. The molecule has 1 aromatic rings. The Kier molecular flexibility index (Phi) is 3.55. The van der Waals surface area contributed by atoms with Crippen LogP contribution in [0.15, 0.2) is 16.6 Å². The number of nitrogens with zero attached hydrogens (tertiary/aromatic N) is 1. The van der Waals surface area contributed by atoms with Crippen LogP contribution in [0.2, 0.25) is 10.0 Å². The van der Waals surface area contributed by atoms with Gasteiger partial charge in [-0.25, -0.2) is 6.57 Å². The van der Waals surface area contributed by atoms with Crippen LogP contribution >= 0.6 is 39.1 Å². The smallest absolute Gasteiger partial charge is 0.273 e. The zero-order chi connectivity index (χ0) is 10.0. The summed E-state index contributed by atoms with van der Waals surface area (Å²) in [5.74, 6) is 0. The lowest BCUT2D eigenvalue weighted by Crippen LogP contribution is -1.89. The van der Waals surface area contributed by atoms with Crippen molar-refractivity contribution in [1.29, 1.82) is 0 Å². The number of halogens is 4. The summed E-state index contributed by atoms with van der Waals surface area (Å²) in [6.07, 6.45) is -1.80. The summed E-state index contributed by atoms with van der Waals surface area (Å²) in [7, 11) is 0. The van der Waals surface area contributed by atoms with Crippen molar-refractivity contribution >= 4 is 39.1 Å². The molecule has 0 radical (unpaired) electrons. The van der Waals surface area contributed by atoms with Gasteiger partial charge in [-0.05, 0) is 12.1 Å². The topological polar surface area (TPSA) is 4.36 Å². The highest BCUT2D eigenvalue weighted by molar-refractivity contribution is 9.10. The number of hydrogen-bond acceptors (Lipinski definition) is 0. The average molecular weight is 283 g/mol. The van der Waals surface area contributed by atoms with Gasteiger partial charge in [-0.3, -0.25) is 4.85 Å². The van der Waals surface area contributed by atoms with Crippen molar-refractivity contribution in [1.82, 2.24) is 0 Å². The normalized spacial score (nSPS) is 12.2. The van der Waals surface area contributed by atoms with Gasteiger partial charge in [0, 0.05) is 4.47 Å². The molecule has 1 rings (SSSR count). The lowest BCUT2D eigenvalue weighted by atomic mass is 10.2. The molecule has 0 spiro atoms. The lowest BCUT2D eigenvalue weighted by molar-refractivity contribution is 0.411. The van der Waals surface area contributed by atoms with Crippen molar-refractivity contribution in [3.63, 3.8) is 0 Å². The van der Waals surface area contributed by atoms with Crippen LogP contribution in [0.1, 0.15) is 11.9 Å². The van der Waals surface area contributed by atoms with Crippen molar-refractivity contribution in [2.24, 2.45) is 0 Å². The van der Waals surface area contributed by atoms with E-state index in [1.807, 2.05) is 0 Å². The van der Waals surface area contributed by atoms with E-state index in [-0.39, 0.29) is 15.6 Å². The average Bonchev–Trinajstić information content (AvgIpc) is 2.02. The van der Waals surface area contributed by atoms with E-state index >= 15 is 0 Å². The Bertz CT molecular complexity index is 352. The van der Waals surface area contributed by atoms with Crippen LogP contribution in [-0.4, -0.2) is 0 Å². The van der Waals surface area contributed by atoms with Gasteiger partial charge in [0.1, 0.15) is 5.56 Å². The number of hydrogen-bond donors (Lipinski definition) is 0. The molecule has 0 saturated carbocycles. The summed E-state index contributed by atoms with van der Waals surface area (Å²) in [5.41, 5.74) is 0.0292. The van der Waals surface area contributed by atoms with Crippen LogP contribution in [0, 0.1) is 6.57 Å². The fraction of sp³-hybridized carbons (Fsp3) is 0.125. The van der Waals surface area contributed by atoms with Crippen LogP contribution < -0.4 is 0 Å². The monoisotopic (exact) mass is 281 g/mol. The fourth-order valence-corrected chi connectivity index (χ4v) is 2.23. The molecule has 1 nitrogen and oxygen atoms in total. The Morgan fingerprint density at radius 2 is 1.85 bits per heavy atom. The molecule has 0 amide bonds. The van der Waals surface area contributed by atoms with Gasteiger partial charge < -0.3 is 0 Å². The van der Waals surface area contributed by atoms with Gasteiger partial charge in [-0.1, -0.05) is 39.1 Å². The first kappa shape index (κ1) is 10.8. The predicted octanol–water partition coefficient (Wildman–Crippen LogP) is 4.64. The zero-order valence-corrected chi connectivity index (χ0v) is 9.29. The van der Waals surface area contributed by atoms with E-state index in [1.54, 1.807) is 0 Å². The van der Waals surface area contributed by atoms with E-state index in [0.717, 1.165) is 0 Å². The van der Waals surface area contributed by atoms with E-state index in [4.69, 9.17) is 29.8 Å². The number of rotatable bonds is 1. The molecule has 0 aliphatic heterocycles. The van der Waals surface area contributed by atoms with Crippen molar-refractivity contribution < 1.29 is 4.39 Å². The molecule has 0 saturated heterocycles. The van der Waals surface area contributed by atoms with E-state index < -0.39 is 6.30 Å². The molecular formula is C8H3BrCl2FN. The summed E-state index contributed by atoms with van der Waals surface area (Å²) in [6.45, 7) is 6.51. The second kappa shape index (κ2) is 4.28. The van der Waals surface area contributed by atoms with Crippen molar-refractivity contribution in [3.8, 4) is 0 Å². The molecule has 0 heterocycles. The van der Waals surface area contributed by atoms with Gasteiger partial charge >= 0.3 is 6.30 Å². The predicted molar refractivity (Wildman–Crippen MR) is 54.6 cm³/mol. The molecule has 13 heavy (non-hydrogen) atoms. The lowest BCUT2D eigenvalue weighted by Gasteiger charge is -2.03. The van der Waals surface area contributed by atoms with Gasteiger partial charge in [0.05, 0.1) is 10.0 Å². The maximum atomic E-state index is 13.0. The van der Waals surface area contributed by atoms with Crippen molar-refractivity contribution in [2.75, 3.05) is 0 Å². The Morgan fingerprint density at radius 3 is 2.23 bits per heavy atom. The minimum Gasteiger partial charge on any atom is -0.273 e. The maximum absolute atomic E-state index is 13.0. The molecule has 1 atom stereocenters. The van der Waals surface area contributed by atoms with Crippen LogP contribution in [0.4, 0.5) is 4.39 Å². The van der Waals surface area contributed by atoms with Gasteiger partial charge in [-0.2, -0.15) is 4.39 Å². The Morgan fingerprint density at radius 1 is 1.38 bits per heavy atom. The highest BCUT2D eigenvalue weighted by Crippen LogP contribution is 2.35. The highest BCUT2D eigenvalue weighted by atomic mass is 79.9. The fourth-order valence-electron chi connectivity index (χ4n) is 0.845. The molecule has 5 heteroatoms. The van der Waals surface area contributed by atoms with Crippen molar-refractivity contribution in [3.05, 3.63) is 43.6 Å². The first-order valence-corrected chi connectivity index (χ1v) is 4.76. The quantitative estimate of drug-likeness (QED) is 0.522. The third kappa shape index (κ3) is 2.34. The standard InChI is InChI=1S/C8H3BrCl2FN/c1-13-8(12)7-5(10)2-4(9)3-6(7)11/h2-3,8H. The summed E-state index contributed by atoms with van der Waals surface area (Å²) in [6, 6.07) is 3.00. The van der Waals surface area contributed by atoms with Gasteiger partial charge in [0.2, 0.25) is 0 Å². The molecular weight excluding hydrogens is 280 g/mol. The molecule has 0 aliphatic carbocycles. The van der Waals surface area contributed by atoms with Crippen LogP contribution in [0.5, 0.6) is 0 Å². The molecule has 0 fully saturated rings. The van der Waals surface area contributed by atoms with E-state index in [2.05, 4.69) is 20.8 Å². The summed E-state index contributed by atoms with van der Waals surface area (Å²) < 4.78 is 13.6. The Labute approximate surface area is 93.4 Å². The molecule has 0 N–H and O–H groups in total. The molecule has 0 bridgehead atoms.